The number of imide groups is 1. The fourth-order valence-corrected chi connectivity index (χ4v) is 4.00. The number of nitrogens with one attached hydrogen (secondary N) is 2. The van der Waals surface area contributed by atoms with E-state index in [1.807, 2.05) is 32.0 Å². The summed E-state index contributed by atoms with van der Waals surface area (Å²) >= 11 is 18.3. The van der Waals surface area contributed by atoms with Crippen LogP contribution in [0.5, 0.6) is 0 Å². The Balaban J connectivity index is 1.51. The van der Waals surface area contributed by atoms with E-state index in [0.717, 1.165) is 21.7 Å². The van der Waals surface area contributed by atoms with Gasteiger partial charge in [0.2, 0.25) is 0 Å². The molecule has 1 aliphatic rings. The van der Waals surface area contributed by atoms with Crippen LogP contribution in [0.2, 0.25) is 10.0 Å². The number of hydrogen-bond donors (Lipinski definition) is 2. The highest BCUT2D eigenvalue weighted by Gasteiger charge is 2.40. The average molecular weight is 515 g/mol. The Morgan fingerprint density at radius 3 is 2.29 bits per heavy atom. The minimum absolute atomic E-state index is 0.102. The number of rotatable bonds is 5. The number of carbonyl (C=O) groups is 3. The van der Waals surface area contributed by atoms with Crippen molar-refractivity contribution >= 4 is 69.6 Å². The largest absolute Gasteiger partial charge is 0.350 e. The Bertz CT molecular complexity index is 1370. The zero-order valence-corrected chi connectivity index (χ0v) is 20.3. The van der Waals surface area contributed by atoms with Crippen LogP contribution in [0, 0.1) is 13.8 Å². The molecule has 172 valence electrons. The van der Waals surface area contributed by atoms with Gasteiger partial charge in [-0.05, 0) is 73.5 Å². The highest BCUT2D eigenvalue weighted by atomic mass is 35.5. The van der Waals surface area contributed by atoms with E-state index in [1.54, 1.807) is 30.3 Å². The number of hydrogen-bond acceptors (Lipinski definition) is 4. The molecule has 3 aromatic carbocycles. The molecule has 34 heavy (non-hydrogen) atoms. The van der Waals surface area contributed by atoms with Gasteiger partial charge in [0.05, 0.1) is 10.7 Å². The summed E-state index contributed by atoms with van der Waals surface area (Å²) < 4.78 is 0. The summed E-state index contributed by atoms with van der Waals surface area (Å²) in [6.45, 7) is 3.91. The van der Waals surface area contributed by atoms with Crippen LogP contribution in [0.25, 0.3) is 0 Å². The zero-order valence-electron chi connectivity index (χ0n) is 18.1. The van der Waals surface area contributed by atoms with Crippen LogP contribution < -0.4 is 15.5 Å². The monoisotopic (exact) mass is 513 g/mol. The molecule has 0 unspecified atom stereocenters. The molecule has 0 atom stereocenters. The Morgan fingerprint density at radius 2 is 1.59 bits per heavy atom. The Morgan fingerprint density at radius 1 is 0.882 bits per heavy atom. The number of carbonyl (C=O) groups excluding carboxylic acids is 3. The van der Waals surface area contributed by atoms with Crippen molar-refractivity contribution in [2.45, 2.75) is 13.8 Å². The van der Waals surface area contributed by atoms with Crippen molar-refractivity contribution < 1.29 is 14.4 Å². The quantitative estimate of drug-likeness (QED) is 0.392. The summed E-state index contributed by atoms with van der Waals surface area (Å²) in [4.78, 5) is 39.2. The number of aryl methyl sites for hydroxylation is 1. The first kappa shape index (κ1) is 23.8. The minimum Gasteiger partial charge on any atom is -0.350 e. The van der Waals surface area contributed by atoms with Crippen molar-refractivity contribution in [3.63, 3.8) is 0 Å². The summed E-state index contributed by atoms with van der Waals surface area (Å²) in [6, 6.07) is 16.6. The molecule has 0 fully saturated rings. The highest BCUT2D eigenvalue weighted by Crippen LogP contribution is 2.35. The molecule has 0 spiro atoms. The molecule has 1 aliphatic heterocycles. The van der Waals surface area contributed by atoms with Crippen LogP contribution in [0.1, 0.15) is 21.5 Å². The van der Waals surface area contributed by atoms with Crippen LogP contribution in [0.15, 0.2) is 71.4 Å². The topological polar surface area (TPSA) is 78.5 Å². The molecular weight excluding hydrogens is 497 g/mol. The molecule has 0 bridgehead atoms. The smallest absolute Gasteiger partial charge is 0.283 e. The Hall–Kier alpha value is -3.32. The molecule has 9 heteroatoms. The fraction of sp³-hybridized carbons (Fsp3) is 0.0800. The molecule has 3 aromatic rings. The van der Waals surface area contributed by atoms with Crippen molar-refractivity contribution in [2.75, 3.05) is 15.5 Å². The lowest BCUT2D eigenvalue weighted by molar-refractivity contribution is -0.120. The molecule has 1 heterocycles. The van der Waals surface area contributed by atoms with Crippen molar-refractivity contribution in [1.29, 1.82) is 0 Å². The first-order chi connectivity index (χ1) is 16.2. The van der Waals surface area contributed by atoms with Gasteiger partial charge in [-0.1, -0.05) is 46.9 Å². The molecule has 2 N–H and O–H groups in total. The predicted octanol–water partition coefficient (Wildman–Crippen LogP) is 6.30. The number of amides is 3. The predicted molar refractivity (Wildman–Crippen MR) is 136 cm³/mol. The first-order valence-corrected chi connectivity index (χ1v) is 11.3. The lowest BCUT2D eigenvalue weighted by Crippen LogP contribution is -2.32. The van der Waals surface area contributed by atoms with E-state index in [4.69, 9.17) is 34.8 Å². The molecule has 3 amide bonds. The zero-order chi connectivity index (χ0) is 24.6. The van der Waals surface area contributed by atoms with Gasteiger partial charge >= 0.3 is 0 Å². The van der Waals surface area contributed by atoms with E-state index in [2.05, 4.69) is 10.6 Å². The van der Waals surface area contributed by atoms with Crippen LogP contribution >= 0.6 is 34.8 Å². The second-order valence-corrected chi connectivity index (χ2v) is 8.86. The standard InChI is InChI=1S/C25H18Cl3N3O3/c1-13-4-3-5-19(14(13)2)30-23(32)15-6-9-17(10-7-15)29-22-21(28)24(33)31(25(22)34)20-12-16(26)8-11-18(20)27/h3-12,29H,1-2H3,(H,30,32). The number of halogens is 3. The van der Waals surface area contributed by atoms with Gasteiger partial charge in [0, 0.05) is 22.0 Å². The SMILES string of the molecule is Cc1cccc(NC(=O)c2ccc(NC3=C(Cl)C(=O)N(c4cc(Cl)ccc4Cl)C3=O)cc2)c1C. The molecular formula is C25H18Cl3N3O3. The molecule has 4 rings (SSSR count). The van der Waals surface area contributed by atoms with Gasteiger partial charge in [-0.2, -0.15) is 0 Å². The van der Waals surface area contributed by atoms with E-state index in [1.165, 1.54) is 12.1 Å². The molecule has 0 saturated carbocycles. The third-order valence-corrected chi connectivity index (χ3v) is 6.35. The lowest BCUT2D eigenvalue weighted by atomic mass is 10.1. The van der Waals surface area contributed by atoms with Crippen molar-refractivity contribution in [1.82, 2.24) is 0 Å². The maximum absolute atomic E-state index is 13.0. The first-order valence-electron chi connectivity index (χ1n) is 10.2. The minimum atomic E-state index is -0.720. The highest BCUT2D eigenvalue weighted by molar-refractivity contribution is 6.54. The van der Waals surface area contributed by atoms with E-state index < -0.39 is 11.8 Å². The van der Waals surface area contributed by atoms with Gasteiger partial charge in [0.25, 0.3) is 17.7 Å². The van der Waals surface area contributed by atoms with Gasteiger partial charge in [0.1, 0.15) is 10.7 Å². The molecule has 0 radical (unpaired) electrons. The van der Waals surface area contributed by atoms with Gasteiger partial charge in [-0.15, -0.1) is 0 Å². The van der Waals surface area contributed by atoms with Crippen LogP contribution in [-0.4, -0.2) is 17.7 Å². The van der Waals surface area contributed by atoms with Gasteiger partial charge in [0.15, 0.2) is 0 Å². The summed E-state index contributed by atoms with van der Waals surface area (Å²) in [5.74, 6) is -1.66. The fourth-order valence-electron chi connectivity index (χ4n) is 3.42. The lowest BCUT2D eigenvalue weighted by Gasteiger charge is -2.17. The van der Waals surface area contributed by atoms with E-state index >= 15 is 0 Å². The third kappa shape index (κ3) is 4.53. The van der Waals surface area contributed by atoms with Gasteiger partial charge < -0.3 is 10.6 Å². The van der Waals surface area contributed by atoms with Crippen molar-refractivity contribution in [2.24, 2.45) is 0 Å². The van der Waals surface area contributed by atoms with Crippen molar-refractivity contribution in [3.05, 3.63) is 98.1 Å². The number of anilines is 3. The van der Waals surface area contributed by atoms with Crippen LogP contribution in [0.3, 0.4) is 0 Å². The number of nitrogens with zero attached hydrogens (tertiary/aromatic N) is 1. The van der Waals surface area contributed by atoms with Crippen LogP contribution in [-0.2, 0) is 9.59 Å². The average Bonchev–Trinajstić information content (AvgIpc) is 3.02. The van der Waals surface area contributed by atoms with Crippen LogP contribution in [0.4, 0.5) is 17.1 Å². The second kappa shape index (κ2) is 9.50. The maximum Gasteiger partial charge on any atom is 0.283 e. The molecule has 0 saturated heterocycles. The Kier molecular flexibility index (Phi) is 6.66. The summed E-state index contributed by atoms with van der Waals surface area (Å²) in [6.07, 6.45) is 0. The summed E-state index contributed by atoms with van der Waals surface area (Å²) in [5, 5.41) is 5.97. The normalized spacial score (nSPS) is 13.5. The summed E-state index contributed by atoms with van der Waals surface area (Å²) in [5.41, 5.74) is 3.73. The molecule has 0 aliphatic carbocycles. The maximum atomic E-state index is 13.0. The molecule has 6 nitrogen and oxygen atoms in total. The van der Waals surface area contributed by atoms with E-state index in [9.17, 15) is 14.4 Å². The molecule has 0 aromatic heterocycles. The summed E-state index contributed by atoms with van der Waals surface area (Å²) in [7, 11) is 0. The van der Waals surface area contributed by atoms with E-state index in [0.29, 0.717) is 16.3 Å². The number of benzene rings is 3. The van der Waals surface area contributed by atoms with Gasteiger partial charge in [-0.3, -0.25) is 14.4 Å². The Labute approximate surface area is 211 Å². The van der Waals surface area contributed by atoms with Crippen molar-refractivity contribution in [3.8, 4) is 0 Å². The second-order valence-electron chi connectivity index (χ2n) is 7.63. The third-order valence-electron chi connectivity index (χ3n) is 5.45. The van der Waals surface area contributed by atoms with E-state index in [-0.39, 0.29) is 27.3 Å². The van der Waals surface area contributed by atoms with Gasteiger partial charge in [-0.25, -0.2) is 4.90 Å².